The van der Waals surface area contributed by atoms with E-state index in [9.17, 15) is 0 Å². The molecule has 0 amide bonds. The summed E-state index contributed by atoms with van der Waals surface area (Å²) in [6.07, 6.45) is 9.48. The minimum absolute atomic E-state index is 0.699. The number of aromatic nitrogens is 2. The standard InChI is InChI=1S/C15H28N4/c1-3-8-16-11-15-7-5-6-9-18(15)12-14-10-17-19(4-2)13-14/h10,13,15-16H,3-9,11-12H2,1-2H3. The summed E-state index contributed by atoms with van der Waals surface area (Å²) in [5, 5.41) is 7.95. The van der Waals surface area contributed by atoms with Gasteiger partial charge >= 0.3 is 0 Å². The van der Waals surface area contributed by atoms with Gasteiger partial charge in [-0.25, -0.2) is 0 Å². The van der Waals surface area contributed by atoms with Crippen LogP contribution in [-0.4, -0.2) is 40.4 Å². The zero-order valence-corrected chi connectivity index (χ0v) is 12.4. The van der Waals surface area contributed by atoms with Crippen molar-refractivity contribution >= 4 is 0 Å². The molecule has 2 heterocycles. The van der Waals surface area contributed by atoms with E-state index in [1.54, 1.807) is 0 Å². The second-order valence-corrected chi connectivity index (χ2v) is 5.53. The molecule has 1 saturated heterocycles. The molecule has 0 aromatic carbocycles. The maximum atomic E-state index is 4.38. The summed E-state index contributed by atoms with van der Waals surface area (Å²) in [5.74, 6) is 0. The Morgan fingerprint density at radius 2 is 2.26 bits per heavy atom. The van der Waals surface area contributed by atoms with Crippen molar-refractivity contribution in [2.24, 2.45) is 0 Å². The molecular weight excluding hydrogens is 236 g/mol. The predicted octanol–water partition coefficient (Wildman–Crippen LogP) is 2.26. The van der Waals surface area contributed by atoms with Gasteiger partial charge < -0.3 is 5.32 Å². The second-order valence-electron chi connectivity index (χ2n) is 5.53. The summed E-state index contributed by atoms with van der Waals surface area (Å²) in [6.45, 7) is 9.88. The first-order valence-corrected chi connectivity index (χ1v) is 7.79. The van der Waals surface area contributed by atoms with E-state index in [1.165, 1.54) is 37.8 Å². The summed E-state index contributed by atoms with van der Waals surface area (Å²) in [7, 11) is 0. The average Bonchev–Trinajstić information content (AvgIpc) is 2.89. The van der Waals surface area contributed by atoms with Gasteiger partial charge in [0.05, 0.1) is 6.20 Å². The van der Waals surface area contributed by atoms with Gasteiger partial charge in [-0.05, 0) is 39.3 Å². The Kier molecular flexibility index (Phi) is 5.86. The molecule has 1 aliphatic heterocycles. The number of hydrogen-bond acceptors (Lipinski definition) is 3. The highest BCUT2D eigenvalue weighted by Gasteiger charge is 2.22. The molecule has 0 bridgehead atoms. The van der Waals surface area contributed by atoms with Crippen molar-refractivity contribution in [3.63, 3.8) is 0 Å². The van der Waals surface area contributed by atoms with Crippen LogP contribution >= 0.6 is 0 Å². The molecule has 1 aromatic rings. The monoisotopic (exact) mass is 264 g/mol. The largest absolute Gasteiger partial charge is 0.315 e. The Balaban J connectivity index is 1.87. The lowest BCUT2D eigenvalue weighted by molar-refractivity contribution is 0.137. The van der Waals surface area contributed by atoms with E-state index < -0.39 is 0 Å². The molecule has 1 atom stereocenters. The summed E-state index contributed by atoms with van der Waals surface area (Å²) in [6, 6.07) is 0.699. The predicted molar refractivity (Wildman–Crippen MR) is 79.1 cm³/mol. The molecule has 2 rings (SSSR count). The van der Waals surface area contributed by atoms with Crippen molar-refractivity contribution in [3.05, 3.63) is 18.0 Å². The SMILES string of the molecule is CCCNCC1CCCCN1Cc1cnn(CC)c1. The Bertz CT molecular complexity index is 361. The highest BCUT2D eigenvalue weighted by Crippen LogP contribution is 2.19. The maximum Gasteiger partial charge on any atom is 0.0534 e. The average molecular weight is 264 g/mol. The van der Waals surface area contributed by atoms with Crippen molar-refractivity contribution < 1.29 is 0 Å². The number of aryl methyl sites for hydroxylation is 1. The minimum Gasteiger partial charge on any atom is -0.315 e. The van der Waals surface area contributed by atoms with Gasteiger partial charge in [0.15, 0.2) is 0 Å². The maximum absolute atomic E-state index is 4.38. The van der Waals surface area contributed by atoms with Crippen LogP contribution < -0.4 is 5.32 Å². The zero-order chi connectivity index (χ0) is 13.5. The molecule has 4 heteroatoms. The van der Waals surface area contributed by atoms with Crippen molar-refractivity contribution in [2.45, 2.75) is 58.7 Å². The molecule has 1 aliphatic rings. The molecule has 19 heavy (non-hydrogen) atoms. The third-order valence-electron chi connectivity index (χ3n) is 3.95. The topological polar surface area (TPSA) is 33.1 Å². The van der Waals surface area contributed by atoms with Gasteiger partial charge in [-0.15, -0.1) is 0 Å². The van der Waals surface area contributed by atoms with Gasteiger partial charge in [-0.1, -0.05) is 13.3 Å². The number of nitrogens with one attached hydrogen (secondary N) is 1. The van der Waals surface area contributed by atoms with Crippen LogP contribution in [0.1, 0.15) is 45.1 Å². The molecule has 108 valence electrons. The fourth-order valence-corrected chi connectivity index (χ4v) is 2.84. The number of rotatable bonds is 7. The van der Waals surface area contributed by atoms with Crippen LogP contribution in [0.15, 0.2) is 12.4 Å². The van der Waals surface area contributed by atoms with E-state index in [4.69, 9.17) is 0 Å². The zero-order valence-electron chi connectivity index (χ0n) is 12.4. The number of piperidine rings is 1. The van der Waals surface area contributed by atoms with Crippen molar-refractivity contribution in [3.8, 4) is 0 Å². The molecule has 0 saturated carbocycles. The van der Waals surface area contributed by atoms with Gasteiger partial charge in [0.1, 0.15) is 0 Å². The van der Waals surface area contributed by atoms with Crippen LogP contribution in [0.2, 0.25) is 0 Å². The van der Waals surface area contributed by atoms with E-state index in [2.05, 4.69) is 35.4 Å². The van der Waals surface area contributed by atoms with E-state index in [0.717, 1.165) is 26.2 Å². The molecule has 0 spiro atoms. The Labute approximate surface area is 117 Å². The Morgan fingerprint density at radius 1 is 1.37 bits per heavy atom. The highest BCUT2D eigenvalue weighted by atomic mass is 15.3. The van der Waals surface area contributed by atoms with Crippen LogP contribution in [0.25, 0.3) is 0 Å². The van der Waals surface area contributed by atoms with Crippen LogP contribution in [0.3, 0.4) is 0 Å². The van der Waals surface area contributed by atoms with E-state index >= 15 is 0 Å². The van der Waals surface area contributed by atoms with Gasteiger partial charge in [-0.3, -0.25) is 9.58 Å². The lowest BCUT2D eigenvalue weighted by atomic mass is 10.0. The van der Waals surface area contributed by atoms with E-state index in [-0.39, 0.29) is 0 Å². The Hall–Kier alpha value is -0.870. The highest BCUT2D eigenvalue weighted by molar-refractivity contribution is 5.04. The fourth-order valence-electron chi connectivity index (χ4n) is 2.84. The number of nitrogens with zero attached hydrogens (tertiary/aromatic N) is 3. The summed E-state index contributed by atoms with van der Waals surface area (Å²) in [5.41, 5.74) is 1.35. The van der Waals surface area contributed by atoms with Crippen LogP contribution in [0, 0.1) is 0 Å². The van der Waals surface area contributed by atoms with E-state index in [0.29, 0.717) is 6.04 Å². The van der Waals surface area contributed by atoms with Gasteiger partial charge in [0, 0.05) is 37.4 Å². The Morgan fingerprint density at radius 3 is 3.00 bits per heavy atom. The quantitative estimate of drug-likeness (QED) is 0.767. The molecular formula is C15H28N4. The minimum atomic E-state index is 0.699. The number of likely N-dealkylation sites (tertiary alicyclic amines) is 1. The first kappa shape index (κ1) is 14.5. The van der Waals surface area contributed by atoms with Gasteiger partial charge in [0.25, 0.3) is 0 Å². The van der Waals surface area contributed by atoms with Crippen LogP contribution in [-0.2, 0) is 13.1 Å². The molecule has 1 unspecified atom stereocenters. The molecule has 1 aromatic heterocycles. The molecule has 1 N–H and O–H groups in total. The summed E-state index contributed by atoms with van der Waals surface area (Å²) < 4.78 is 2.02. The normalized spacial score (nSPS) is 20.8. The number of hydrogen-bond donors (Lipinski definition) is 1. The van der Waals surface area contributed by atoms with E-state index in [1.807, 2.05) is 10.9 Å². The van der Waals surface area contributed by atoms with Crippen LogP contribution in [0.5, 0.6) is 0 Å². The summed E-state index contributed by atoms with van der Waals surface area (Å²) in [4.78, 5) is 2.63. The molecule has 0 aliphatic carbocycles. The first-order chi connectivity index (χ1) is 9.33. The molecule has 0 radical (unpaired) electrons. The third kappa shape index (κ3) is 4.32. The van der Waals surface area contributed by atoms with Gasteiger partial charge in [-0.2, -0.15) is 5.10 Å². The smallest absolute Gasteiger partial charge is 0.0534 e. The fraction of sp³-hybridized carbons (Fsp3) is 0.800. The van der Waals surface area contributed by atoms with Crippen molar-refractivity contribution in [1.82, 2.24) is 20.0 Å². The summed E-state index contributed by atoms with van der Waals surface area (Å²) >= 11 is 0. The van der Waals surface area contributed by atoms with Crippen LogP contribution in [0.4, 0.5) is 0 Å². The van der Waals surface area contributed by atoms with Gasteiger partial charge in [0.2, 0.25) is 0 Å². The lowest BCUT2D eigenvalue weighted by Gasteiger charge is -2.35. The van der Waals surface area contributed by atoms with Crippen molar-refractivity contribution in [2.75, 3.05) is 19.6 Å². The third-order valence-corrected chi connectivity index (χ3v) is 3.95. The molecule has 1 fully saturated rings. The lowest BCUT2D eigenvalue weighted by Crippen LogP contribution is -2.45. The second kappa shape index (κ2) is 7.65. The molecule has 4 nitrogen and oxygen atoms in total. The first-order valence-electron chi connectivity index (χ1n) is 7.79. The van der Waals surface area contributed by atoms with Crippen molar-refractivity contribution in [1.29, 1.82) is 0 Å².